The van der Waals surface area contributed by atoms with Gasteiger partial charge in [-0.3, -0.25) is 4.79 Å². The summed E-state index contributed by atoms with van der Waals surface area (Å²) >= 11 is 9.69. The van der Waals surface area contributed by atoms with Gasteiger partial charge in [0.25, 0.3) is 0 Å². The topological polar surface area (TPSA) is 60.7 Å². The zero-order chi connectivity index (χ0) is 21.4. The standard InChI is InChI=1S/C24H14BrClN4O/c25-19-8-6-15(7-9-19)22-18(14-31)13-30(29-22)24-21(16-3-1-5-20(26)11-16)12-17-4-2-10-27-23(17)28-24/h1-14H. The smallest absolute Gasteiger partial charge is 0.163 e. The van der Waals surface area contributed by atoms with Crippen LogP contribution in [0.2, 0.25) is 5.02 Å². The molecule has 5 rings (SSSR count). The first-order chi connectivity index (χ1) is 15.1. The summed E-state index contributed by atoms with van der Waals surface area (Å²) in [6.07, 6.45) is 4.19. The lowest BCUT2D eigenvalue weighted by atomic mass is 10.1. The van der Waals surface area contributed by atoms with Crippen molar-refractivity contribution in [2.45, 2.75) is 0 Å². The molecule has 2 aromatic carbocycles. The van der Waals surface area contributed by atoms with Gasteiger partial charge in [-0.2, -0.15) is 5.10 Å². The summed E-state index contributed by atoms with van der Waals surface area (Å²) < 4.78 is 2.58. The van der Waals surface area contributed by atoms with Crippen molar-refractivity contribution in [2.24, 2.45) is 0 Å². The molecule has 0 aliphatic heterocycles. The minimum atomic E-state index is 0.474. The molecule has 31 heavy (non-hydrogen) atoms. The van der Waals surface area contributed by atoms with Gasteiger partial charge >= 0.3 is 0 Å². The summed E-state index contributed by atoms with van der Waals surface area (Å²) in [7, 11) is 0. The Labute approximate surface area is 191 Å². The molecule has 0 fully saturated rings. The van der Waals surface area contributed by atoms with Crippen LogP contribution in [-0.4, -0.2) is 26.0 Å². The average Bonchev–Trinajstić information content (AvgIpc) is 3.23. The number of hydrogen-bond donors (Lipinski definition) is 0. The first-order valence-electron chi connectivity index (χ1n) is 9.45. The van der Waals surface area contributed by atoms with Crippen LogP contribution in [0.5, 0.6) is 0 Å². The van der Waals surface area contributed by atoms with Gasteiger partial charge < -0.3 is 0 Å². The van der Waals surface area contributed by atoms with Gasteiger partial charge in [0.15, 0.2) is 17.8 Å². The Bertz CT molecular complexity index is 1430. The second kappa shape index (κ2) is 8.06. The Balaban J connectivity index is 1.75. The highest BCUT2D eigenvalue weighted by molar-refractivity contribution is 9.10. The Kier molecular flexibility index (Phi) is 5.10. The molecule has 0 atom stereocenters. The van der Waals surface area contributed by atoms with Crippen molar-refractivity contribution in [2.75, 3.05) is 0 Å². The van der Waals surface area contributed by atoms with Crippen LogP contribution in [0, 0.1) is 0 Å². The normalized spacial score (nSPS) is 11.0. The van der Waals surface area contributed by atoms with E-state index in [2.05, 4.69) is 20.9 Å². The summed E-state index contributed by atoms with van der Waals surface area (Å²) in [5.41, 5.74) is 4.23. The molecule has 0 radical (unpaired) electrons. The Morgan fingerprint density at radius 2 is 1.81 bits per heavy atom. The van der Waals surface area contributed by atoms with E-state index in [-0.39, 0.29) is 0 Å². The molecule has 0 amide bonds. The maximum atomic E-state index is 11.8. The van der Waals surface area contributed by atoms with Crippen molar-refractivity contribution < 1.29 is 4.79 Å². The van der Waals surface area contributed by atoms with E-state index in [9.17, 15) is 4.79 Å². The van der Waals surface area contributed by atoms with E-state index in [1.807, 2.05) is 66.7 Å². The summed E-state index contributed by atoms with van der Waals surface area (Å²) in [6.45, 7) is 0. The van der Waals surface area contributed by atoms with Crippen LogP contribution < -0.4 is 0 Å². The van der Waals surface area contributed by atoms with Crippen molar-refractivity contribution in [1.29, 1.82) is 0 Å². The molecule has 0 bridgehead atoms. The summed E-state index contributed by atoms with van der Waals surface area (Å²) in [5.74, 6) is 0.569. The van der Waals surface area contributed by atoms with Crippen molar-refractivity contribution in [3.8, 4) is 28.2 Å². The van der Waals surface area contributed by atoms with Gasteiger partial charge in [-0.25, -0.2) is 14.6 Å². The minimum absolute atomic E-state index is 0.474. The number of carbonyl (C=O) groups is 1. The fourth-order valence-corrected chi connectivity index (χ4v) is 3.91. The van der Waals surface area contributed by atoms with Gasteiger partial charge in [-0.1, -0.05) is 51.8 Å². The molecule has 3 heterocycles. The number of aromatic nitrogens is 4. The lowest BCUT2D eigenvalue weighted by molar-refractivity contribution is 0.112. The van der Waals surface area contributed by atoms with Crippen LogP contribution in [-0.2, 0) is 0 Å². The second-order valence-corrected chi connectivity index (χ2v) is 8.27. The summed E-state index contributed by atoms with van der Waals surface area (Å²) in [5, 5.41) is 6.24. The van der Waals surface area contributed by atoms with Crippen molar-refractivity contribution in [3.63, 3.8) is 0 Å². The van der Waals surface area contributed by atoms with Crippen LogP contribution in [0.1, 0.15) is 10.4 Å². The highest BCUT2D eigenvalue weighted by Crippen LogP contribution is 2.31. The third-order valence-electron chi connectivity index (χ3n) is 4.91. The quantitative estimate of drug-likeness (QED) is 0.275. The molecule has 0 N–H and O–H groups in total. The fraction of sp³-hybridized carbons (Fsp3) is 0. The van der Waals surface area contributed by atoms with Gasteiger partial charge in [0.1, 0.15) is 5.69 Å². The summed E-state index contributed by atoms with van der Waals surface area (Å²) in [6, 6.07) is 21.1. The molecular weight excluding hydrogens is 476 g/mol. The number of fused-ring (bicyclic) bond motifs is 1. The molecule has 0 aliphatic carbocycles. The third kappa shape index (κ3) is 3.76. The maximum absolute atomic E-state index is 11.8. The number of carbonyl (C=O) groups excluding carboxylic acids is 1. The zero-order valence-corrected chi connectivity index (χ0v) is 18.4. The van der Waals surface area contributed by atoms with E-state index in [0.29, 0.717) is 27.7 Å². The Morgan fingerprint density at radius 3 is 2.58 bits per heavy atom. The molecular formula is C24H14BrClN4O. The van der Waals surface area contributed by atoms with Gasteiger partial charge in [-0.05, 0) is 48.0 Å². The predicted octanol–water partition coefficient (Wildman–Crippen LogP) is 6.38. The first kappa shape index (κ1) is 19.6. The largest absolute Gasteiger partial charge is 0.298 e. The Morgan fingerprint density at radius 1 is 0.968 bits per heavy atom. The SMILES string of the molecule is O=Cc1cn(-c2nc3ncccc3cc2-c2cccc(Cl)c2)nc1-c1ccc(Br)cc1. The van der Waals surface area contributed by atoms with Gasteiger partial charge in [0.05, 0.1) is 5.56 Å². The lowest BCUT2D eigenvalue weighted by Crippen LogP contribution is -2.03. The molecule has 5 nitrogen and oxygen atoms in total. The second-order valence-electron chi connectivity index (χ2n) is 6.92. The number of rotatable bonds is 4. The fourth-order valence-electron chi connectivity index (χ4n) is 3.45. The van der Waals surface area contributed by atoms with E-state index < -0.39 is 0 Å². The van der Waals surface area contributed by atoms with E-state index in [4.69, 9.17) is 21.7 Å². The van der Waals surface area contributed by atoms with Crippen LogP contribution in [0.25, 0.3) is 39.2 Å². The molecule has 0 unspecified atom stereocenters. The van der Waals surface area contributed by atoms with E-state index in [1.165, 1.54) is 0 Å². The number of aldehydes is 1. The van der Waals surface area contributed by atoms with Crippen LogP contribution in [0.3, 0.4) is 0 Å². The lowest BCUT2D eigenvalue weighted by Gasteiger charge is -2.11. The number of hydrogen-bond acceptors (Lipinski definition) is 4. The van der Waals surface area contributed by atoms with Crippen molar-refractivity contribution in [1.82, 2.24) is 19.7 Å². The van der Waals surface area contributed by atoms with Gasteiger partial charge in [0.2, 0.25) is 0 Å². The maximum Gasteiger partial charge on any atom is 0.163 e. The average molecular weight is 490 g/mol. The van der Waals surface area contributed by atoms with Gasteiger partial charge in [-0.15, -0.1) is 0 Å². The molecule has 0 spiro atoms. The molecule has 3 aromatic heterocycles. The number of nitrogens with zero attached hydrogens (tertiary/aromatic N) is 4. The highest BCUT2D eigenvalue weighted by Gasteiger charge is 2.17. The molecule has 0 aliphatic rings. The monoisotopic (exact) mass is 488 g/mol. The molecule has 7 heteroatoms. The number of benzene rings is 2. The van der Waals surface area contributed by atoms with E-state index in [1.54, 1.807) is 17.1 Å². The molecule has 0 saturated heterocycles. The highest BCUT2D eigenvalue weighted by atomic mass is 79.9. The summed E-state index contributed by atoms with van der Waals surface area (Å²) in [4.78, 5) is 21.0. The molecule has 5 aromatic rings. The van der Waals surface area contributed by atoms with Crippen LogP contribution in [0.15, 0.2) is 83.6 Å². The van der Waals surface area contributed by atoms with Crippen molar-refractivity contribution in [3.05, 3.63) is 94.2 Å². The number of halogens is 2. The molecule has 150 valence electrons. The predicted molar refractivity (Wildman–Crippen MR) is 126 cm³/mol. The first-order valence-corrected chi connectivity index (χ1v) is 10.6. The van der Waals surface area contributed by atoms with E-state index in [0.717, 1.165) is 32.8 Å². The van der Waals surface area contributed by atoms with Crippen LogP contribution >= 0.6 is 27.5 Å². The number of pyridine rings is 2. The van der Waals surface area contributed by atoms with Gasteiger partial charge in [0, 0.05) is 38.4 Å². The van der Waals surface area contributed by atoms with E-state index >= 15 is 0 Å². The Hall–Kier alpha value is -3.35. The molecule has 0 saturated carbocycles. The minimum Gasteiger partial charge on any atom is -0.298 e. The van der Waals surface area contributed by atoms with Crippen molar-refractivity contribution >= 4 is 44.9 Å². The third-order valence-corrected chi connectivity index (χ3v) is 5.67. The van der Waals surface area contributed by atoms with Crippen LogP contribution in [0.4, 0.5) is 0 Å². The zero-order valence-electron chi connectivity index (χ0n) is 16.0.